The molecule has 0 unspecified atom stereocenters. The van der Waals surface area contributed by atoms with E-state index in [4.69, 9.17) is 0 Å². The minimum Gasteiger partial charge on any atom is -0.302 e. The Labute approximate surface area is 200 Å². The third-order valence-corrected chi connectivity index (χ3v) is 7.56. The number of halogens is 1. The van der Waals surface area contributed by atoms with E-state index in [1.54, 1.807) is 23.1 Å². The van der Waals surface area contributed by atoms with Crippen molar-refractivity contribution in [1.29, 1.82) is 0 Å². The largest absolute Gasteiger partial charge is 0.302 e. The average Bonchev–Trinajstić information content (AvgIpc) is 3.15. The van der Waals surface area contributed by atoms with Gasteiger partial charge in [0.1, 0.15) is 0 Å². The van der Waals surface area contributed by atoms with Crippen LogP contribution in [0.25, 0.3) is 10.2 Å². The Morgan fingerprint density at radius 1 is 1.03 bits per heavy atom. The van der Waals surface area contributed by atoms with Gasteiger partial charge in [-0.15, -0.1) is 12.4 Å². The Balaban J connectivity index is 0.00000363. The molecule has 1 aromatic heterocycles. The Kier molecular flexibility index (Phi) is 8.82. The van der Waals surface area contributed by atoms with Crippen LogP contribution in [0.5, 0.6) is 0 Å². The predicted molar refractivity (Wildman–Crippen MR) is 135 cm³/mol. The van der Waals surface area contributed by atoms with Crippen LogP contribution in [0.4, 0.5) is 5.13 Å². The zero-order chi connectivity index (χ0) is 22.8. The smallest absolute Gasteiger partial charge is 0.260 e. The normalized spacial score (nSPS) is 11.6. The van der Waals surface area contributed by atoms with Gasteiger partial charge in [-0.05, 0) is 56.8 Å². The second-order valence-corrected chi connectivity index (χ2v) is 10.7. The molecule has 0 fully saturated rings. The molecule has 1 amide bonds. The summed E-state index contributed by atoms with van der Waals surface area (Å²) < 4.78 is 24.6. The van der Waals surface area contributed by atoms with Gasteiger partial charge in [-0.1, -0.05) is 42.9 Å². The second kappa shape index (κ2) is 10.7. The number of nitrogens with zero attached hydrogens (tertiary/aromatic N) is 3. The number of anilines is 1. The number of aromatic nitrogens is 1. The van der Waals surface area contributed by atoms with Crippen LogP contribution in [0.3, 0.4) is 0 Å². The lowest BCUT2D eigenvalue weighted by molar-refractivity contribution is 0.0983. The van der Waals surface area contributed by atoms with Gasteiger partial charge in [0.15, 0.2) is 15.0 Å². The standard InChI is InChI=1S/C23H29N3O3S2.ClH/c1-6-25(7-2)12-13-26(22(27)19-14-16(3)8-9-17(19)4)23-24-20-11-10-18(31(5,28)29)15-21(20)30-23;/h8-11,14-15H,6-7,12-13H2,1-5H3;1H. The number of hydrogen-bond donors (Lipinski definition) is 0. The lowest BCUT2D eigenvalue weighted by Gasteiger charge is -2.25. The molecule has 0 N–H and O–H groups in total. The van der Waals surface area contributed by atoms with Gasteiger partial charge in [0.2, 0.25) is 0 Å². The SMILES string of the molecule is CCN(CC)CCN(C(=O)c1cc(C)ccc1C)c1nc2ccc(S(C)(=O)=O)cc2s1.Cl. The van der Waals surface area contributed by atoms with E-state index < -0.39 is 9.84 Å². The molecule has 6 nitrogen and oxygen atoms in total. The van der Waals surface area contributed by atoms with Crippen molar-refractivity contribution in [3.05, 3.63) is 53.1 Å². The number of rotatable bonds is 8. The van der Waals surface area contributed by atoms with Gasteiger partial charge in [-0.3, -0.25) is 9.69 Å². The fourth-order valence-corrected chi connectivity index (χ4v) is 5.17. The van der Waals surface area contributed by atoms with Crippen molar-refractivity contribution in [2.75, 3.05) is 37.3 Å². The van der Waals surface area contributed by atoms with Gasteiger partial charge in [0.25, 0.3) is 5.91 Å². The van der Waals surface area contributed by atoms with Crippen molar-refractivity contribution in [3.63, 3.8) is 0 Å². The van der Waals surface area contributed by atoms with Gasteiger partial charge >= 0.3 is 0 Å². The minimum atomic E-state index is -3.31. The molecule has 0 atom stereocenters. The quantitative estimate of drug-likeness (QED) is 0.452. The summed E-state index contributed by atoms with van der Waals surface area (Å²) in [6.07, 6.45) is 1.19. The van der Waals surface area contributed by atoms with E-state index in [9.17, 15) is 13.2 Å². The molecule has 0 bridgehead atoms. The molecule has 0 saturated heterocycles. The lowest BCUT2D eigenvalue weighted by Crippen LogP contribution is -2.39. The van der Waals surface area contributed by atoms with Crippen LogP contribution in [0.15, 0.2) is 41.3 Å². The van der Waals surface area contributed by atoms with Gasteiger partial charge in [-0.25, -0.2) is 13.4 Å². The van der Waals surface area contributed by atoms with E-state index in [1.807, 2.05) is 32.0 Å². The highest BCUT2D eigenvalue weighted by Crippen LogP contribution is 2.32. The van der Waals surface area contributed by atoms with Gasteiger partial charge < -0.3 is 4.90 Å². The molecule has 2 aromatic carbocycles. The van der Waals surface area contributed by atoms with E-state index >= 15 is 0 Å². The Morgan fingerprint density at radius 3 is 2.34 bits per heavy atom. The molecule has 9 heteroatoms. The summed E-state index contributed by atoms with van der Waals surface area (Å²) in [7, 11) is -3.31. The first-order chi connectivity index (χ1) is 14.6. The fourth-order valence-electron chi connectivity index (χ4n) is 3.42. The van der Waals surface area contributed by atoms with Crippen molar-refractivity contribution >= 4 is 54.8 Å². The molecule has 0 aliphatic rings. The Hall–Kier alpha value is -2.00. The maximum atomic E-state index is 13.6. The summed E-state index contributed by atoms with van der Waals surface area (Å²) in [5, 5.41) is 0.582. The van der Waals surface area contributed by atoms with E-state index in [2.05, 4.69) is 23.7 Å². The topological polar surface area (TPSA) is 70.6 Å². The summed E-state index contributed by atoms with van der Waals surface area (Å²) in [5.74, 6) is -0.0873. The van der Waals surface area contributed by atoms with E-state index in [0.717, 1.165) is 35.5 Å². The number of benzene rings is 2. The lowest BCUT2D eigenvalue weighted by atomic mass is 10.0. The predicted octanol–water partition coefficient (Wildman–Crippen LogP) is 4.73. The van der Waals surface area contributed by atoms with Crippen molar-refractivity contribution in [3.8, 4) is 0 Å². The van der Waals surface area contributed by atoms with Crippen LogP contribution in [0.1, 0.15) is 35.3 Å². The van der Waals surface area contributed by atoms with E-state index in [-0.39, 0.29) is 23.2 Å². The number of likely N-dealkylation sites (N-methyl/N-ethyl adjacent to an activating group) is 1. The van der Waals surface area contributed by atoms with Crippen LogP contribution in [-0.2, 0) is 9.84 Å². The van der Waals surface area contributed by atoms with E-state index in [1.165, 1.54) is 17.6 Å². The van der Waals surface area contributed by atoms with Crippen LogP contribution < -0.4 is 4.90 Å². The number of aryl methyl sites for hydroxylation is 2. The molecular formula is C23H30ClN3O3S2. The third-order valence-electron chi connectivity index (χ3n) is 5.41. The zero-order valence-corrected chi connectivity index (χ0v) is 21.5. The van der Waals surface area contributed by atoms with Crippen LogP contribution in [0, 0.1) is 13.8 Å². The number of carbonyl (C=O) groups is 1. The molecule has 0 aliphatic carbocycles. The summed E-state index contributed by atoms with van der Waals surface area (Å²) in [5.41, 5.74) is 3.30. The molecule has 0 saturated carbocycles. The maximum Gasteiger partial charge on any atom is 0.260 e. The first-order valence-corrected chi connectivity index (χ1v) is 13.1. The Morgan fingerprint density at radius 2 is 1.72 bits per heavy atom. The molecule has 3 rings (SSSR count). The number of fused-ring (bicyclic) bond motifs is 1. The number of carbonyl (C=O) groups excluding carboxylic acids is 1. The molecule has 1 heterocycles. The summed E-state index contributed by atoms with van der Waals surface area (Å²) in [6, 6.07) is 10.8. The van der Waals surface area contributed by atoms with E-state index in [0.29, 0.717) is 22.8 Å². The van der Waals surface area contributed by atoms with Crippen molar-refractivity contribution in [1.82, 2.24) is 9.88 Å². The van der Waals surface area contributed by atoms with Crippen LogP contribution in [0.2, 0.25) is 0 Å². The molecule has 0 spiro atoms. The Bertz CT molecular complexity index is 1200. The number of thiazole rings is 1. The fraction of sp³-hybridized carbons (Fsp3) is 0.391. The minimum absolute atomic E-state index is 0. The monoisotopic (exact) mass is 495 g/mol. The highest BCUT2D eigenvalue weighted by molar-refractivity contribution is 7.90. The molecule has 0 aliphatic heterocycles. The molecule has 32 heavy (non-hydrogen) atoms. The van der Waals surface area contributed by atoms with Crippen LogP contribution >= 0.6 is 23.7 Å². The van der Waals surface area contributed by atoms with Crippen molar-refractivity contribution in [2.24, 2.45) is 0 Å². The summed E-state index contributed by atoms with van der Waals surface area (Å²) in [4.78, 5) is 22.5. The van der Waals surface area contributed by atoms with Crippen molar-refractivity contribution in [2.45, 2.75) is 32.6 Å². The molecule has 0 radical (unpaired) electrons. The molecule has 174 valence electrons. The third kappa shape index (κ3) is 5.86. The number of amides is 1. The first kappa shape index (κ1) is 26.3. The van der Waals surface area contributed by atoms with Gasteiger partial charge in [0.05, 0.1) is 15.1 Å². The first-order valence-electron chi connectivity index (χ1n) is 10.4. The summed E-state index contributed by atoms with van der Waals surface area (Å²) in [6.45, 7) is 11.2. The molecule has 3 aromatic rings. The maximum absolute atomic E-state index is 13.6. The molecular weight excluding hydrogens is 466 g/mol. The van der Waals surface area contributed by atoms with Crippen molar-refractivity contribution < 1.29 is 13.2 Å². The summed E-state index contributed by atoms with van der Waals surface area (Å²) >= 11 is 1.35. The van der Waals surface area contributed by atoms with Crippen LogP contribution in [-0.4, -0.2) is 56.6 Å². The number of hydrogen-bond acceptors (Lipinski definition) is 6. The van der Waals surface area contributed by atoms with Gasteiger partial charge in [-0.2, -0.15) is 0 Å². The second-order valence-electron chi connectivity index (χ2n) is 7.70. The number of sulfone groups is 1. The average molecular weight is 496 g/mol. The zero-order valence-electron chi connectivity index (χ0n) is 19.1. The highest BCUT2D eigenvalue weighted by Gasteiger charge is 2.23. The highest BCUT2D eigenvalue weighted by atomic mass is 35.5. The van der Waals surface area contributed by atoms with Gasteiger partial charge in [0, 0.05) is 24.9 Å².